The molecule has 1 aromatic carbocycles. The maximum Gasteiger partial charge on any atom is 0.101 e. The van der Waals surface area contributed by atoms with E-state index in [1.54, 1.807) is 11.3 Å². The second-order valence-corrected chi connectivity index (χ2v) is 5.70. The standard InChI is InChI=1S/C13H17ClN2S/c1-3-13(4-2,8-15)12-16-10-7-5-6-9(14)11(10)17-12/h5-7H,3-4,8,15H2,1-2H3. The Morgan fingerprint density at radius 2 is 2.06 bits per heavy atom. The van der Waals surface area contributed by atoms with Crippen LogP contribution >= 0.6 is 22.9 Å². The molecule has 1 heterocycles. The van der Waals surface area contributed by atoms with Gasteiger partial charge in [-0.2, -0.15) is 0 Å². The van der Waals surface area contributed by atoms with Gasteiger partial charge in [0.1, 0.15) is 5.01 Å². The highest BCUT2D eigenvalue weighted by atomic mass is 35.5. The number of aromatic nitrogens is 1. The number of benzene rings is 1. The van der Waals surface area contributed by atoms with Crippen molar-refractivity contribution in [2.75, 3.05) is 6.54 Å². The molecule has 0 atom stereocenters. The first-order chi connectivity index (χ1) is 8.16. The molecule has 92 valence electrons. The molecule has 0 aliphatic rings. The summed E-state index contributed by atoms with van der Waals surface area (Å²) in [5, 5.41) is 1.90. The van der Waals surface area contributed by atoms with Crippen LogP contribution in [0.4, 0.5) is 0 Å². The first kappa shape index (κ1) is 12.8. The first-order valence-electron chi connectivity index (χ1n) is 5.92. The van der Waals surface area contributed by atoms with Crippen molar-refractivity contribution in [3.63, 3.8) is 0 Å². The van der Waals surface area contributed by atoms with Gasteiger partial charge in [0.15, 0.2) is 0 Å². The molecule has 2 rings (SSSR count). The summed E-state index contributed by atoms with van der Waals surface area (Å²) in [5.74, 6) is 0. The Morgan fingerprint density at radius 1 is 1.35 bits per heavy atom. The van der Waals surface area contributed by atoms with Crippen molar-refractivity contribution in [3.05, 3.63) is 28.2 Å². The monoisotopic (exact) mass is 268 g/mol. The molecular formula is C13H17ClN2S. The number of nitrogens with zero attached hydrogens (tertiary/aromatic N) is 1. The van der Waals surface area contributed by atoms with Gasteiger partial charge in [0.2, 0.25) is 0 Å². The third kappa shape index (κ3) is 2.07. The van der Waals surface area contributed by atoms with Crippen LogP contribution < -0.4 is 5.73 Å². The second-order valence-electron chi connectivity index (χ2n) is 4.30. The Bertz CT molecular complexity index is 509. The fourth-order valence-electron chi connectivity index (χ4n) is 2.07. The van der Waals surface area contributed by atoms with E-state index in [4.69, 9.17) is 22.3 Å². The summed E-state index contributed by atoms with van der Waals surface area (Å²) in [5.41, 5.74) is 6.94. The maximum atomic E-state index is 6.19. The van der Waals surface area contributed by atoms with Gasteiger partial charge < -0.3 is 5.73 Å². The Labute approximate surface area is 111 Å². The summed E-state index contributed by atoms with van der Waals surface area (Å²) in [6.07, 6.45) is 2.02. The quantitative estimate of drug-likeness (QED) is 0.911. The molecule has 0 bridgehead atoms. The average molecular weight is 269 g/mol. The van der Waals surface area contributed by atoms with Crippen molar-refractivity contribution in [2.45, 2.75) is 32.1 Å². The SMILES string of the molecule is CCC(CC)(CN)c1nc2cccc(Cl)c2s1. The molecule has 1 aromatic heterocycles. The smallest absolute Gasteiger partial charge is 0.101 e. The van der Waals surface area contributed by atoms with E-state index in [9.17, 15) is 0 Å². The molecule has 0 radical (unpaired) electrons. The van der Waals surface area contributed by atoms with E-state index < -0.39 is 0 Å². The van der Waals surface area contributed by atoms with E-state index >= 15 is 0 Å². The number of rotatable bonds is 4. The molecule has 0 aliphatic heterocycles. The number of hydrogen-bond donors (Lipinski definition) is 1. The summed E-state index contributed by atoms with van der Waals surface area (Å²) in [6, 6.07) is 5.86. The van der Waals surface area contributed by atoms with Crippen molar-refractivity contribution in [1.82, 2.24) is 4.98 Å². The Kier molecular flexibility index (Phi) is 3.71. The van der Waals surface area contributed by atoms with Crippen molar-refractivity contribution in [3.8, 4) is 0 Å². The zero-order chi connectivity index (χ0) is 12.5. The van der Waals surface area contributed by atoms with Crippen LogP contribution in [0.3, 0.4) is 0 Å². The van der Waals surface area contributed by atoms with Crippen LogP contribution in [-0.4, -0.2) is 11.5 Å². The third-order valence-electron chi connectivity index (χ3n) is 3.56. The van der Waals surface area contributed by atoms with Crippen LogP contribution in [0.1, 0.15) is 31.7 Å². The fraction of sp³-hybridized carbons (Fsp3) is 0.462. The summed E-state index contributed by atoms with van der Waals surface area (Å²) in [6.45, 7) is 4.98. The first-order valence-corrected chi connectivity index (χ1v) is 7.12. The van der Waals surface area contributed by atoms with Gasteiger partial charge >= 0.3 is 0 Å². The summed E-state index contributed by atoms with van der Waals surface area (Å²) in [4.78, 5) is 4.71. The van der Waals surface area contributed by atoms with E-state index in [2.05, 4.69) is 13.8 Å². The minimum atomic E-state index is 0.00696. The topological polar surface area (TPSA) is 38.9 Å². The van der Waals surface area contributed by atoms with E-state index in [-0.39, 0.29) is 5.41 Å². The lowest BCUT2D eigenvalue weighted by Crippen LogP contribution is -2.33. The molecule has 0 unspecified atom stereocenters. The maximum absolute atomic E-state index is 6.19. The highest BCUT2D eigenvalue weighted by molar-refractivity contribution is 7.19. The number of nitrogens with two attached hydrogens (primary N) is 1. The van der Waals surface area contributed by atoms with Gasteiger partial charge in [-0.05, 0) is 25.0 Å². The van der Waals surface area contributed by atoms with E-state index in [1.165, 1.54) is 0 Å². The van der Waals surface area contributed by atoms with Crippen molar-refractivity contribution >= 4 is 33.2 Å². The molecule has 2 N–H and O–H groups in total. The molecule has 0 aliphatic carbocycles. The zero-order valence-corrected chi connectivity index (χ0v) is 11.7. The van der Waals surface area contributed by atoms with Gasteiger partial charge in [-0.25, -0.2) is 4.98 Å². The zero-order valence-electron chi connectivity index (χ0n) is 10.2. The van der Waals surface area contributed by atoms with E-state index in [0.29, 0.717) is 6.54 Å². The molecule has 0 spiro atoms. The summed E-state index contributed by atoms with van der Waals surface area (Å²) >= 11 is 7.87. The Balaban J connectivity index is 2.59. The van der Waals surface area contributed by atoms with Crippen LogP contribution in [-0.2, 0) is 5.41 Å². The van der Waals surface area contributed by atoms with Crippen LogP contribution in [0, 0.1) is 0 Å². The normalized spacial score (nSPS) is 12.2. The van der Waals surface area contributed by atoms with E-state index in [0.717, 1.165) is 33.1 Å². The Hall–Kier alpha value is -0.640. The molecule has 2 nitrogen and oxygen atoms in total. The third-order valence-corrected chi connectivity index (χ3v) is 5.34. The molecular weight excluding hydrogens is 252 g/mol. The van der Waals surface area contributed by atoms with Gasteiger partial charge in [0.05, 0.1) is 15.2 Å². The molecule has 4 heteroatoms. The molecule has 0 fully saturated rings. The molecule has 17 heavy (non-hydrogen) atoms. The lowest BCUT2D eigenvalue weighted by Gasteiger charge is -2.27. The number of hydrogen-bond acceptors (Lipinski definition) is 3. The molecule has 0 saturated heterocycles. The lowest BCUT2D eigenvalue weighted by molar-refractivity contribution is 0.405. The van der Waals surface area contributed by atoms with Gasteiger partial charge in [0, 0.05) is 12.0 Å². The fourth-order valence-corrected chi connectivity index (χ4v) is 3.67. The van der Waals surface area contributed by atoms with Crippen LogP contribution in [0.2, 0.25) is 5.02 Å². The minimum absolute atomic E-state index is 0.00696. The highest BCUT2D eigenvalue weighted by Crippen LogP contribution is 2.38. The van der Waals surface area contributed by atoms with Gasteiger partial charge in [-0.15, -0.1) is 11.3 Å². The lowest BCUT2D eigenvalue weighted by atomic mass is 9.83. The van der Waals surface area contributed by atoms with E-state index in [1.807, 2.05) is 18.2 Å². The highest BCUT2D eigenvalue weighted by Gasteiger charge is 2.30. The van der Waals surface area contributed by atoms with Crippen LogP contribution in [0.15, 0.2) is 18.2 Å². The number of halogens is 1. The average Bonchev–Trinajstić information content (AvgIpc) is 2.78. The Morgan fingerprint density at radius 3 is 2.59 bits per heavy atom. The predicted molar refractivity (Wildman–Crippen MR) is 75.9 cm³/mol. The number of thiazole rings is 1. The number of fused-ring (bicyclic) bond motifs is 1. The predicted octanol–water partition coefficient (Wildman–Crippen LogP) is 3.97. The summed E-state index contributed by atoms with van der Waals surface area (Å²) in [7, 11) is 0. The van der Waals surface area contributed by atoms with Gasteiger partial charge in [-0.1, -0.05) is 31.5 Å². The largest absolute Gasteiger partial charge is 0.329 e. The van der Waals surface area contributed by atoms with Crippen molar-refractivity contribution < 1.29 is 0 Å². The van der Waals surface area contributed by atoms with Crippen molar-refractivity contribution in [2.24, 2.45) is 5.73 Å². The molecule has 0 amide bonds. The van der Waals surface area contributed by atoms with Gasteiger partial charge in [0.25, 0.3) is 0 Å². The summed E-state index contributed by atoms with van der Waals surface area (Å²) < 4.78 is 1.07. The minimum Gasteiger partial charge on any atom is -0.329 e. The molecule has 2 aromatic rings. The molecule has 0 saturated carbocycles. The second kappa shape index (κ2) is 4.92. The van der Waals surface area contributed by atoms with Gasteiger partial charge in [-0.3, -0.25) is 0 Å². The van der Waals surface area contributed by atoms with Crippen LogP contribution in [0.5, 0.6) is 0 Å². The van der Waals surface area contributed by atoms with Crippen molar-refractivity contribution in [1.29, 1.82) is 0 Å². The van der Waals surface area contributed by atoms with Crippen LogP contribution in [0.25, 0.3) is 10.2 Å².